The van der Waals surface area contributed by atoms with Gasteiger partial charge in [-0.25, -0.2) is 0 Å². The third kappa shape index (κ3) is 9.50. The average molecular weight is 274 g/mol. The highest BCUT2D eigenvalue weighted by atomic mass is 16.2. The summed E-state index contributed by atoms with van der Waals surface area (Å²) < 4.78 is 0. The molecule has 0 saturated heterocycles. The van der Waals surface area contributed by atoms with Gasteiger partial charge in [0, 0.05) is 0 Å². The van der Waals surface area contributed by atoms with Crippen LogP contribution in [0.1, 0.15) is 0 Å². The predicted octanol–water partition coefficient (Wildman–Crippen LogP) is -4.67. The minimum atomic E-state index is -0.479. The van der Waals surface area contributed by atoms with Crippen LogP contribution in [-0.2, 0) is 19.2 Å². The Morgan fingerprint density at radius 3 is 1.32 bits per heavy atom. The van der Waals surface area contributed by atoms with Crippen molar-refractivity contribution in [1.82, 2.24) is 21.3 Å². The Morgan fingerprint density at radius 1 is 0.632 bits per heavy atom. The summed E-state index contributed by atoms with van der Waals surface area (Å²) in [4.78, 5) is 43.8. The maximum absolute atomic E-state index is 11.2. The van der Waals surface area contributed by atoms with Gasteiger partial charge in [-0.3, -0.25) is 19.2 Å². The molecule has 108 valence electrons. The molecule has 0 spiro atoms. The highest BCUT2D eigenvalue weighted by molar-refractivity contribution is 5.87. The maximum atomic E-state index is 11.2. The molecule has 10 nitrogen and oxygen atoms in total. The lowest BCUT2D eigenvalue weighted by molar-refractivity contribution is -0.126. The Balaban J connectivity index is 3.61. The van der Waals surface area contributed by atoms with E-state index in [1.807, 2.05) is 0 Å². The summed E-state index contributed by atoms with van der Waals surface area (Å²) in [5, 5.41) is 9.18. The molecule has 0 unspecified atom stereocenters. The van der Waals surface area contributed by atoms with Gasteiger partial charge in [-0.1, -0.05) is 0 Å². The molecule has 0 aromatic carbocycles. The van der Waals surface area contributed by atoms with Crippen molar-refractivity contribution in [1.29, 1.82) is 0 Å². The number of hydrogen-bond acceptors (Lipinski definition) is 6. The summed E-state index contributed by atoms with van der Waals surface area (Å²) in [6.45, 7) is -0.976. The first-order valence-electron chi connectivity index (χ1n) is 5.46. The molecule has 0 aliphatic heterocycles. The lowest BCUT2D eigenvalue weighted by Gasteiger charge is -2.08. The van der Waals surface area contributed by atoms with Gasteiger partial charge in [0.25, 0.3) is 0 Å². The smallest absolute Gasteiger partial charge is 0.240 e. The highest BCUT2D eigenvalue weighted by Gasteiger charge is 2.05. The summed E-state index contributed by atoms with van der Waals surface area (Å²) >= 11 is 0. The lowest BCUT2D eigenvalue weighted by atomic mass is 10.5. The zero-order chi connectivity index (χ0) is 14.7. The van der Waals surface area contributed by atoms with Crippen LogP contribution in [0.3, 0.4) is 0 Å². The number of carbonyl (C=O) groups excluding carboxylic acids is 4. The average Bonchev–Trinajstić information content (AvgIpc) is 2.41. The van der Waals surface area contributed by atoms with E-state index in [0.717, 1.165) is 0 Å². The number of amides is 4. The first kappa shape index (κ1) is 16.8. The summed E-state index contributed by atoms with van der Waals surface area (Å²) in [5.74, 6) is -1.87. The molecule has 0 aliphatic carbocycles. The minimum Gasteiger partial charge on any atom is -0.346 e. The lowest BCUT2D eigenvalue weighted by Crippen LogP contribution is -2.46. The Bertz CT molecular complexity index is 314. The molecule has 4 amide bonds. The van der Waals surface area contributed by atoms with Crippen LogP contribution in [0.15, 0.2) is 0 Å². The van der Waals surface area contributed by atoms with Crippen LogP contribution >= 0.6 is 0 Å². The fourth-order valence-corrected chi connectivity index (χ4v) is 0.868. The number of carbonyl (C=O) groups is 4. The van der Waals surface area contributed by atoms with Crippen LogP contribution in [0.5, 0.6) is 0 Å². The highest BCUT2D eigenvalue weighted by Crippen LogP contribution is 1.67. The molecule has 0 aromatic heterocycles. The van der Waals surface area contributed by atoms with Crippen molar-refractivity contribution in [3.63, 3.8) is 0 Å². The quantitative estimate of drug-likeness (QED) is 0.243. The van der Waals surface area contributed by atoms with Crippen LogP contribution in [0.4, 0.5) is 0 Å². The molecule has 0 atom stereocenters. The van der Waals surface area contributed by atoms with E-state index in [1.165, 1.54) is 0 Å². The van der Waals surface area contributed by atoms with E-state index in [9.17, 15) is 19.2 Å². The van der Waals surface area contributed by atoms with Gasteiger partial charge in [-0.15, -0.1) is 0 Å². The molecule has 0 heterocycles. The van der Waals surface area contributed by atoms with Crippen molar-refractivity contribution in [3.05, 3.63) is 0 Å². The van der Waals surface area contributed by atoms with Crippen molar-refractivity contribution in [3.8, 4) is 0 Å². The zero-order valence-corrected chi connectivity index (χ0v) is 10.3. The van der Waals surface area contributed by atoms with Gasteiger partial charge in [0.05, 0.1) is 32.8 Å². The van der Waals surface area contributed by atoms with Gasteiger partial charge in [-0.2, -0.15) is 0 Å². The Hall–Kier alpha value is -2.20. The standard InChI is InChI=1S/C9H18N6O4/c10-1-6(16)12-3-8(18)14-5-15-9(19)4-13-7(17)2-11/h1-5,10-11H2,(H,12,16)(H,13,17)(H,14,18)(H,15,19). The fraction of sp³-hybridized carbons (Fsp3) is 0.556. The molecular formula is C9H18N6O4. The first-order chi connectivity index (χ1) is 8.99. The number of hydrogen-bond donors (Lipinski definition) is 6. The van der Waals surface area contributed by atoms with Crippen molar-refractivity contribution in [2.24, 2.45) is 11.5 Å². The van der Waals surface area contributed by atoms with E-state index in [2.05, 4.69) is 21.3 Å². The monoisotopic (exact) mass is 274 g/mol. The third-order valence-electron chi connectivity index (χ3n) is 1.83. The van der Waals surface area contributed by atoms with E-state index >= 15 is 0 Å². The van der Waals surface area contributed by atoms with Crippen LogP contribution in [0.25, 0.3) is 0 Å². The Kier molecular flexibility index (Phi) is 8.66. The van der Waals surface area contributed by atoms with Gasteiger partial charge >= 0.3 is 0 Å². The van der Waals surface area contributed by atoms with Crippen LogP contribution in [0.2, 0.25) is 0 Å². The van der Waals surface area contributed by atoms with Crippen LogP contribution < -0.4 is 32.7 Å². The summed E-state index contributed by atoms with van der Waals surface area (Å²) in [5.41, 5.74) is 10.0. The molecule has 0 aliphatic rings. The normalized spacial score (nSPS) is 9.37. The van der Waals surface area contributed by atoms with Gasteiger partial charge in [0.2, 0.25) is 23.6 Å². The molecule has 0 radical (unpaired) electrons. The summed E-state index contributed by atoms with van der Waals surface area (Å²) in [6.07, 6.45) is 0. The fourth-order valence-electron chi connectivity index (χ4n) is 0.868. The van der Waals surface area contributed by atoms with Crippen molar-refractivity contribution in [2.45, 2.75) is 0 Å². The van der Waals surface area contributed by atoms with E-state index in [4.69, 9.17) is 11.5 Å². The molecule has 0 bridgehead atoms. The molecular weight excluding hydrogens is 256 g/mol. The largest absolute Gasteiger partial charge is 0.346 e. The second-order valence-electron chi connectivity index (χ2n) is 3.34. The van der Waals surface area contributed by atoms with E-state index in [-0.39, 0.29) is 32.8 Å². The molecule has 0 rings (SSSR count). The van der Waals surface area contributed by atoms with E-state index in [0.29, 0.717) is 0 Å². The number of nitrogens with two attached hydrogens (primary N) is 2. The first-order valence-corrected chi connectivity index (χ1v) is 5.46. The molecule has 10 heteroatoms. The van der Waals surface area contributed by atoms with Crippen LogP contribution in [0, 0.1) is 0 Å². The maximum Gasteiger partial charge on any atom is 0.240 e. The third-order valence-corrected chi connectivity index (χ3v) is 1.83. The SMILES string of the molecule is NCC(=O)NCC(=O)NCNC(=O)CNC(=O)CN. The summed E-state index contributed by atoms with van der Waals surface area (Å²) in [6, 6.07) is 0. The number of nitrogens with one attached hydrogen (secondary N) is 4. The Labute approximate surface area is 109 Å². The van der Waals surface area contributed by atoms with Gasteiger partial charge in [-0.05, 0) is 0 Å². The molecule has 0 fully saturated rings. The second kappa shape index (κ2) is 9.79. The molecule has 0 aromatic rings. The van der Waals surface area contributed by atoms with Crippen molar-refractivity contribution in [2.75, 3.05) is 32.8 Å². The van der Waals surface area contributed by atoms with Crippen molar-refractivity contribution < 1.29 is 19.2 Å². The van der Waals surface area contributed by atoms with Crippen LogP contribution in [-0.4, -0.2) is 56.5 Å². The molecule has 0 saturated carbocycles. The molecule has 8 N–H and O–H groups in total. The predicted molar refractivity (Wildman–Crippen MR) is 65.3 cm³/mol. The van der Waals surface area contributed by atoms with Gasteiger partial charge in [0.15, 0.2) is 0 Å². The Morgan fingerprint density at radius 2 is 1.00 bits per heavy atom. The zero-order valence-electron chi connectivity index (χ0n) is 10.3. The summed E-state index contributed by atoms with van der Waals surface area (Å²) in [7, 11) is 0. The van der Waals surface area contributed by atoms with Crippen molar-refractivity contribution >= 4 is 23.6 Å². The molecule has 19 heavy (non-hydrogen) atoms. The van der Waals surface area contributed by atoms with Gasteiger partial charge in [0.1, 0.15) is 0 Å². The van der Waals surface area contributed by atoms with E-state index < -0.39 is 23.6 Å². The number of rotatable bonds is 8. The van der Waals surface area contributed by atoms with E-state index in [1.54, 1.807) is 0 Å². The minimum absolute atomic E-state index is 0.116. The second-order valence-corrected chi connectivity index (χ2v) is 3.34. The topological polar surface area (TPSA) is 168 Å². The van der Waals surface area contributed by atoms with Gasteiger partial charge < -0.3 is 32.7 Å².